The molecule has 0 unspecified atom stereocenters. The largest absolute Gasteiger partial charge is 0.495 e. The predicted molar refractivity (Wildman–Crippen MR) is 162 cm³/mol. The first-order valence-electron chi connectivity index (χ1n) is 13.8. The molecular weight excluding hydrogens is 538 g/mol. The molecule has 0 heterocycles. The molecule has 0 aromatic heterocycles. The molecule has 2 amide bonds. The van der Waals surface area contributed by atoms with Crippen molar-refractivity contribution in [1.29, 1.82) is 0 Å². The van der Waals surface area contributed by atoms with E-state index in [0.717, 1.165) is 21.0 Å². The number of sulfonamides is 1. The molecule has 0 saturated heterocycles. The molecule has 0 fully saturated rings. The van der Waals surface area contributed by atoms with Crippen molar-refractivity contribution in [2.45, 2.75) is 58.5 Å². The maximum absolute atomic E-state index is 14.2. The number of para-hydroxylation sites is 2. The fraction of sp³-hybridized carbons (Fsp3) is 0.375. The minimum absolute atomic E-state index is 0.0496. The third kappa shape index (κ3) is 8.10. The molecule has 0 aliphatic heterocycles. The zero-order valence-corrected chi connectivity index (χ0v) is 25.6. The highest BCUT2D eigenvalue weighted by atomic mass is 32.2. The molecule has 9 heteroatoms. The van der Waals surface area contributed by atoms with E-state index < -0.39 is 28.5 Å². The second-order valence-electron chi connectivity index (χ2n) is 10.6. The number of aryl methyl sites for hydroxylation is 2. The van der Waals surface area contributed by atoms with Crippen molar-refractivity contribution in [2.75, 3.05) is 24.5 Å². The monoisotopic (exact) mass is 579 g/mol. The van der Waals surface area contributed by atoms with Gasteiger partial charge >= 0.3 is 0 Å². The van der Waals surface area contributed by atoms with E-state index in [1.165, 1.54) is 24.1 Å². The summed E-state index contributed by atoms with van der Waals surface area (Å²) in [5.41, 5.74) is 3.05. The second-order valence-corrected chi connectivity index (χ2v) is 12.4. The van der Waals surface area contributed by atoms with Crippen molar-refractivity contribution in [3.8, 4) is 5.75 Å². The Labute approximate surface area is 244 Å². The zero-order valence-electron chi connectivity index (χ0n) is 24.8. The van der Waals surface area contributed by atoms with Gasteiger partial charge in [0, 0.05) is 13.1 Å². The number of methoxy groups -OCH3 is 1. The Morgan fingerprint density at radius 1 is 0.902 bits per heavy atom. The van der Waals surface area contributed by atoms with E-state index in [2.05, 4.69) is 5.32 Å². The first-order chi connectivity index (χ1) is 19.5. The lowest BCUT2D eigenvalue weighted by Crippen LogP contribution is -2.52. The Balaban J connectivity index is 2.08. The van der Waals surface area contributed by atoms with Gasteiger partial charge in [-0.15, -0.1) is 0 Å². The first-order valence-corrected chi connectivity index (χ1v) is 15.3. The van der Waals surface area contributed by atoms with Crippen LogP contribution >= 0.6 is 0 Å². The van der Waals surface area contributed by atoms with Gasteiger partial charge < -0.3 is 15.0 Å². The van der Waals surface area contributed by atoms with Crippen LogP contribution in [0.1, 0.15) is 43.9 Å². The Hall–Kier alpha value is -3.85. The number of rotatable bonds is 13. The van der Waals surface area contributed by atoms with Crippen molar-refractivity contribution >= 4 is 27.5 Å². The van der Waals surface area contributed by atoms with Crippen LogP contribution in [0.25, 0.3) is 0 Å². The summed E-state index contributed by atoms with van der Waals surface area (Å²) in [6.07, 6.45) is 0.362. The maximum Gasteiger partial charge on any atom is 0.264 e. The Morgan fingerprint density at radius 2 is 1.49 bits per heavy atom. The number of ether oxygens (including phenoxy) is 1. The van der Waals surface area contributed by atoms with Gasteiger partial charge in [0.05, 0.1) is 17.7 Å². The minimum atomic E-state index is -4.18. The van der Waals surface area contributed by atoms with Crippen LogP contribution in [0.4, 0.5) is 5.69 Å². The normalized spacial score (nSPS) is 12.1. The predicted octanol–water partition coefficient (Wildman–Crippen LogP) is 5.09. The Morgan fingerprint density at radius 3 is 2.05 bits per heavy atom. The third-order valence-corrected chi connectivity index (χ3v) is 8.56. The number of benzene rings is 3. The number of hydrogen-bond donors (Lipinski definition) is 1. The number of hydrogen-bond acceptors (Lipinski definition) is 5. The lowest BCUT2D eigenvalue weighted by Gasteiger charge is -2.33. The third-order valence-electron chi connectivity index (χ3n) is 6.79. The summed E-state index contributed by atoms with van der Waals surface area (Å²) in [6, 6.07) is 20.1. The van der Waals surface area contributed by atoms with Gasteiger partial charge in [0.1, 0.15) is 18.3 Å². The first kappa shape index (κ1) is 31.7. The molecule has 3 aromatic rings. The highest BCUT2D eigenvalue weighted by Crippen LogP contribution is 2.32. The Bertz CT molecular complexity index is 1420. The summed E-state index contributed by atoms with van der Waals surface area (Å²) >= 11 is 0. The van der Waals surface area contributed by atoms with E-state index in [1.54, 1.807) is 36.4 Å². The maximum atomic E-state index is 14.2. The van der Waals surface area contributed by atoms with Gasteiger partial charge in [-0.1, -0.05) is 80.4 Å². The molecule has 8 nitrogen and oxygen atoms in total. The minimum Gasteiger partial charge on any atom is -0.495 e. The molecule has 0 aliphatic carbocycles. The van der Waals surface area contributed by atoms with Gasteiger partial charge in [-0.3, -0.25) is 13.9 Å². The second kappa shape index (κ2) is 14.2. The van der Waals surface area contributed by atoms with Crippen molar-refractivity contribution in [2.24, 2.45) is 5.92 Å². The molecular formula is C32H41N3O5S. The topological polar surface area (TPSA) is 96.0 Å². The zero-order chi connectivity index (χ0) is 30.2. The molecule has 3 aromatic carbocycles. The summed E-state index contributed by atoms with van der Waals surface area (Å²) in [6.45, 7) is 9.79. The van der Waals surface area contributed by atoms with Crippen LogP contribution in [0.5, 0.6) is 5.75 Å². The average Bonchev–Trinajstić information content (AvgIpc) is 2.95. The van der Waals surface area contributed by atoms with Crippen molar-refractivity contribution < 1.29 is 22.7 Å². The van der Waals surface area contributed by atoms with Crippen LogP contribution < -0.4 is 14.4 Å². The number of nitrogens with zero attached hydrogens (tertiary/aromatic N) is 2. The van der Waals surface area contributed by atoms with Crippen LogP contribution in [0.2, 0.25) is 0 Å². The number of anilines is 1. The van der Waals surface area contributed by atoms with E-state index in [0.29, 0.717) is 18.7 Å². The molecule has 41 heavy (non-hydrogen) atoms. The molecule has 3 rings (SSSR count). The van der Waals surface area contributed by atoms with E-state index in [9.17, 15) is 18.0 Å². The van der Waals surface area contributed by atoms with Crippen LogP contribution in [0.15, 0.2) is 77.7 Å². The van der Waals surface area contributed by atoms with Crippen LogP contribution in [-0.4, -0.2) is 51.4 Å². The molecule has 0 spiro atoms. The fourth-order valence-corrected chi connectivity index (χ4v) is 5.84. The average molecular weight is 580 g/mol. The molecule has 220 valence electrons. The molecule has 0 bridgehead atoms. The molecule has 0 radical (unpaired) electrons. The lowest BCUT2D eigenvalue weighted by molar-refractivity contribution is -0.140. The van der Waals surface area contributed by atoms with E-state index in [4.69, 9.17) is 4.74 Å². The van der Waals surface area contributed by atoms with Gasteiger partial charge in [-0.2, -0.15) is 0 Å². The number of nitrogens with one attached hydrogen (secondary N) is 1. The lowest BCUT2D eigenvalue weighted by atomic mass is 10.1. The van der Waals surface area contributed by atoms with E-state index in [1.807, 2.05) is 58.9 Å². The summed E-state index contributed by atoms with van der Waals surface area (Å²) in [4.78, 5) is 29.0. The highest BCUT2D eigenvalue weighted by Gasteiger charge is 2.34. The van der Waals surface area contributed by atoms with E-state index >= 15 is 0 Å². The number of carbonyl (C=O) groups excluding carboxylic acids is 2. The number of amides is 2. The van der Waals surface area contributed by atoms with Crippen molar-refractivity contribution in [3.63, 3.8) is 0 Å². The summed E-state index contributed by atoms with van der Waals surface area (Å²) in [5.74, 6) is -0.230. The SMILES string of the molecule is CC[C@H](C(=O)NCC(C)C)N(Cc1ccc(C)cc1)C(=O)CN(c1ccccc1OC)S(=O)(=O)c1ccc(C)cc1. The van der Waals surface area contributed by atoms with Gasteiger partial charge in [0.2, 0.25) is 11.8 Å². The van der Waals surface area contributed by atoms with Gasteiger partial charge in [0.25, 0.3) is 10.0 Å². The Kier molecular flexibility index (Phi) is 10.9. The summed E-state index contributed by atoms with van der Waals surface area (Å²) in [7, 11) is -2.73. The highest BCUT2D eigenvalue weighted by molar-refractivity contribution is 7.92. The summed E-state index contributed by atoms with van der Waals surface area (Å²) in [5, 5.41) is 2.94. The van der Waals surface area contributed by atoms with Gasteiger partial charge in [-0.25, -0.2) is 8.42 Å². The van der Waals surface area contributed by atoms with Crippen molar-refractivity contribution in [3.05, 3.63) is 89.5 Å². The fourth-order valence-electron chi connectivity index (χ4n) is 4.42. The van der Waals surface area contributed by atoms with Crippen LogP contribution in [-0.2, 0) is 26.2 Å². The van der Waals surface area contributed by atoms with Crippen molar-refractivity contribution in [1.82, 2.24) is 10.2 Å². The molecule has 0 saturated carbocycles. The molecule has 1 atom stereocenters. The van der Waals surface area contributed by atoms with Gasteiger partial charge in [-0.05, 0) is 56.0 Å². The smallest absolute Gasteiger partial charge is 0.264 e. The van der Waals surface area contributed by atoms with Crippen LogP contribution in [0.3, 0.4) is 0 Å². The molecule has 1 N–H and O–H groups in total. The quantitative estimate of drug-likeness (QED) is 0.305. The van der Waals surface area contributed by atoms with E-state index in [-0.39, 0.29) is 29.0 Å². The number of carbonyl (C=O) groups is 2. The standard InChI is InChI=1S/C32H41N3O5S/c1-7-28(32(37)33-20-23(2)3)34(21-26-16-12-24(4)13-17-26)31(36)22-35(29-10-8-9-11-30(29)40-6)41(38,39)27-18-14-25(5)15-19-27/h8-19,23,28H,7,20-22H2,1-6H3,(H,33,37)/t28-/m1/s1. The van der Waals surface area contributed by atoms with Crippen LogP contribution in [0, 0.1) is 19.8 Å². The van der Waals surface area contributed by atoms with Gasteiger partial charge in [0.15, 0.2) is 0 Å². The summed E-state index contributed by atoms with van der Waals surface area (Å²) < 4.78 is 34.6. The molecule has 0 aliphatic rings.